The molecule has 1 atom stereocenters. The largest absolute Gasteiger partial charge is 0.387 e. The van der Waals surface area contributed by atoms with Crippen LogP contribution in [-0.4, -0.2) is 30.4 Å². The fourth-order valence-electron chi connectivity index (χ4n) is 2.82. The van der Waals surface area contributed by atoms with Gasteiger partial charge in [-0.25, -0.2) is 0 Å². The van der Waals surface area contributed by atoms with Crippen molar-refractivity contribution < 1.29 is 0 Å². The number of likely N-dealkylation sites (tertiary alicyclic amines) is 1. The van der Waals surface area contributed by atoms with E-state index in [0.717, 1.165) is 18.9 Å². The van der Waals surface area contributed by atoms with Gasteiger partial charge in [-0.15, -0.1) is 0 Å². The Morgan fingerprint density at radius 3 is 2.32 bits per heavy atom. The third kappa shape index (κ3) is 5.13. The highest BCUT2D eigenvalue weighted by Gasteiger charge is 2.28. The van der Waals surface area contributed by atoms with Crippen LogP contribution in [0.1, 0.15) is 60.3 Å². The zero-order valence-corrected chi connectivity index (χ0v) is 13.6. The fraction of sp³-hybridized carbons (Fsp3) is 0.938. The number of nitrogens with one attached hydrogen (secondary N) is 1. The molecule has 0 spiro atoms. The zero-order chi connectivity index (χ0) is 14.7. The van der Waals surface area contributed by atoms with E-state index in [2.05, 4.69) is 39.5 Å². The van der Waals surface area contributed by atoms with E-state index >= 15 is 0 Å². The number of hydrogen-bond acceptors (Lipinski definition) is 2. The van der Waals surface area contributed by atoms with Crippen molar-refractivity contribution in [2.24, 2.45) is 22.5 Å². The minimum Gasteiger partial charge on any atom is -0.387 e. The van der Waals surface area contributed by atoms with Crippen molar-refractivity contribution in [3.05, 3.63) is 0 Å². The van der Waals surface area contributed by atoms with Gasteiger partial charge >= 0.3 is 0 Å². The van der Waals surface area contributed by atoms with Crippen LogP contribution in [0.4, 0.5) is 0 Å². The van der Waals surface area contributed by atoms with E-state index in [0.29, 0.717) is 11.3 Å². The lowest BCUT2D eigenvalue weighted by molar-refractivity contribution is 0.203. The molecule has 0 aromatic carbocycles. The molecule has 3 nitrogen and oxygen atoms in total. The second kappa shape index (κ2) is 6.25. The number of rotatable bonds is 4. The first-order valence-corrected chi connectivity index (χ1v) is 7.70. The lowest BCUT2D eigenvalue weighted by atomic mass is 9.77. The molecule has 0 radical (unpaired) electrons. The molecule has 1 aliphatic rings. The van der Waals surface area contributed by atoms with Crippen LogP contribution in [-0.2, 0) is 0 Å². The Hall–Kier alpha value is -0.570. The van der Waals surface area contributed by atoms with Crippen molar-refractivity contribution in [1.29, 1.82) is 5.41 Å². The Labute approximate surface area is 119 Å². The molecule has 3 N–H and O–H groups in total. The molecule has 1 aliphatic heterocycles. The van der Waals surface area contributed by atoms with E-state index in [9.17, 15) is 0 Å². The van der Waals surface area contributed by atoms with Gasteiger partial charge < -0.3 is 10.6 Å². The van der Waals surface area contributed by atoms with Crippen molar-refractivity contribution >= 4 is 5.84 Å². The van der Waals surface area contributed by atoms with Crippen LogP contribution in [0.2, 0.25) is 0 Å². The minimum absolute atomic E-state index is 0.157. The van der Waals surface area contributed by atoms with Crippen LogP contribution in [0, 0.1) is 22.2 Å². The third-order valence-electron chi connectivity index (χ3n) is 4.83. The second-order valence-corrected chi connectivity index (χ2v) is 7.88. The first-order valence-electron chi connectivity index (χ1n) is 7.70. The summed E-state index contributed by atoms with van der Waals surface area (Å²) in [4.78, 5) is 2.57. The van der Waals surface area contributed by atoms with Gasteiger partial charge in [-0.3, -0.25) is 5.41 Å². The molecule has 0 aromatic rings. The van der Waals surface area contributed by atoms with Crippen molar-refractivity contribution in [3.63, 3.8) is 0 Å². The molecular formula is C16H33N3. The third-order valence-corrected chi connectivity index (χ3v) is 4.83. The summed E-state index contributed by atoms with van der Waals surface area (Å²) in [5.41, 5.74) is 5.94. The van der Waals surface area contributed by atoms with Gasteiger partial charge in [0.1, 0.15) is 0 Å². The lowest BCUT2D eigenvalue weighted by Crippen LogP contribution is -2.36. The van der Waals surface area contributed by atoms with Crippen molar-refractivity contribution in [2.75, 3.05) is 19.6 Å². The van der Waals surface area contributed by atoms with Gasteiger partial charge in [-0.1, -0.05) is 34.6 Å². The van der Waals surface area contributed by atoms with Crippen LogP contribution in [0.15, 0.2) is 0 Å². The van der Waals surface area contributed by atoms with E-state index in [1.807, 2.05) is 0 Å². The first kappa shape index (κ1) is 16.5. The van der Waals surface area contributed by atoms with E-state index in [-0.39, 0.29) is 5.41 Å². The Kier molecular flexibility index (Phi) is 5.43. The Bertz CT molecular complexity index is 302. The van der Waals surface area contributed by atoms with Gasteiger partial charge in [0, 0.05) is 5.41 Å². The number of nitrogens with two attached hydrogens (primary N) is 1. The number of hydrogen-bond donors (Lipinski definition) is 2. The summed E-state index contributed by atoms with van der Waals surface area (Å²) in [6, 6.07) is 0. The highest BCUT2D eigenvalue weighted by molar-refractivity contribution is 5.82. The van der Waals surface area contributed by atoms with Crippen molar-refractivity contribution in [2.45, 2.75) is 60.3 Å². The highest BCUT2D eigenvalue weighted by atomic mass is 15.1. The Balaban J connectivity index is 2.44. The summed E-state index contributed by atoms with van der Waals surface area (Å²) in [5.74, 6) is 1.16. The highest BCUT2D eigenvalue weighted by Crippen LogP contribution is 2.34. The summed E-state index contributed by atoms with van der Waals surface area (Å²) in [6.07, 6.45) is 4.96. The first-order chi connectivity index (χ1) is 8.63. The molecule has 0 saturated carbocycles. The van der Waals surface area contributed by atoms with Crippen LogP contribution in [0.5, 0.6) is 0 Å². The molecule has 1 unspecified atom stereocenters. The van der Waals surface area contributed by atoms with E-state index in [1.54, 1.807) is 0 Å². The molecule has 1 rings (SSSR count). The fourth-order valence-corrected chi connectivity index (χ4v) is 2.82. The summed E-state index contributed by atoms with van der Waals surface area (Å²) >= 11 is 0. The molecule has 0 aliphatic carbocycles. The predicted molar refractivity (Wildman–Crippen MR) is 83.5 cm³/mol. The van der Waals surface area contributed by atoms with Crippen LogP contribution in [0.25, 0.3) is 0 Å². The maximum absolute atomic E-state index is 7.63. The van der Waals surface area contributed by atoms with Gasteiger partial charge in [0.05, 0.1) is 5.84 Å². The maximum Gasteiger partial charge on any atom is 0.0963 e. The van der Waals surface area contributed by atoms with Crippen LogP contribution >= 0.6 is 0 Å². The molecule has 0 amide bonds. The van der Waals surface area contributed by atoms with Gasteiger partial charge in [0.15, 0.2) is 0 Å². The average molecular weight is 267 g/mol. The molecule has 19 heavy (non-hydrogen) atoms. The second-order valence-electron chi connectivity index (χ2n) is 7.88. The Morgan fingerprint density at radius 1 is 1.16 bits per heavy atom. The Morgan fingerprint density at radius 2 is 1.79 bits per heavy atom. The normalized spacial score (nSPS) is 23.1. The number of nitrogens with zero attached hydrogens (tertiary/aromatic N) is 1. The molecular weight excluding hydrogens is 234 g/mol. The molecule has 1 fully saturated rings. The summed E-state index contributed by atoms with van der Waals surface area (Å²) in [5, 5.41) is 7.63. The van der Waals surface area contributed by atoms with E-state index in [4.69, 9.17) is 11.1 Å². The smallest absolute Gasteiger partial charge is 0.0963 e. The van der Waals surface area contributed by atoms with Gasteiger partial charge in [0.2, 0.25) is 0 Å². The minimum atomic E-state index is -0.157. The zero-order valence-electron chi connectivity index (χ0n) is 13.6. The molecule has 0 aromatic heterocycles. The molecule has 0 bridgehead atoms. The van der Waals surface area contributed by atoms with Crippen molar-refractivity contribution in [1.82, 2.24) is 4.90 Å². The van der Waals surface area contributed by atoms with E-state index in [1.165, 1.54) is 32.4 Å². The molecule has 1 heterocycles. The average Bonchev–Trinajstić information content (AvgIpc) is 2.50. The standard InChI is InChI=1S/C16H33N3/c1-15(2,3)13-7-6-10-19(11-8-13)12-9-16(4,5)14(17)18/h13H,6-12H2,1-5H3,(H3,17,18). The summed E-state index contributed by atoms with van der Waals surface area (Å²) in [6.45, 7) is 14.7. The van der Waals surface area contributed by atoms with Crippen LogP contribution in [0.3, 0.4) is 0 Å². The van der Waals surface area contributed by atoms with Gasteiger partial charge in [-0.05, 0) is 56.7 Å². The summed E-state index contributed by atoms with van der Waals surface area (Å²) in [7, 11) is 0. The molecule has 1 saturated heterocycles. The van der Waals surface area contributed by atoms with Crippen molar-refractivity contribution in [3.8, 4) is 0 Å². The lowest BCUT2D eigenvalue weighted by Gasteiger charge is -2.30. The van der Waals surface area contributed by atoms with Gasteiger partial charge in [0.25, 0.3) is 0 Å². The molecule has 3 heteroatoms. The monoisotopic (exact) mass is 267 g/mol. The summed E-state index contributed by atoms with van der Waals surface area (Å²) < 4.78 is 0. The quantitative estimate of drug-likeness (QED) is 0.605. The predicted octanol–water partition coefficient (Wildman–Crippen LogP) is 3.49. The van der Waals surface area contributed by atoms with Gasteiger partial charge in [-0.2, -0.15) is 0 Å². The van der Waals surface area contributed by atoms with Crippen LogP contribution < -0.4 is 5.73 Å². The van der Waals surface area contributed by atoms with E-state index < -0.39 is 0 Å². The molecule has 112 valence electrons. The SMILES string of the molecule is CC(C)(CCN1CCCC(C(C)(C)C)CC1)C(=N)N. The topological polar surface area (TPSA) is 53.1 Å². The maximum atomic E-state index is 7.63. The number of amidine groups is 1.